The number of aryl methyl sites for hydroxylation is 2. The molecule has 9 heteroatoms. The second kappa shape index (κ2) is 10.2. The molecule has 8 nitrogen and oxygen atoms in total. The molecule has 1 unspecified atom stereocenters. The van der Waals surface area contributed by atoms with Gasteiger partial charge in [-0.3, -0.25) is 4.98 Å². The van der Waals surface area contributed by atoms with E-state index in [9.17, 15) is 13.2 Å². The molecule has 0 aliphatic carbocycles. The molecule has 3 rings (SSSR count). The van der Waals surface area contributed by atoms with E-state index in [1.807, 2.05) is 0 Å². The van der Waals surface area contributed by atoms with Gasteiger partial charge in [-0.25, -0.2) is 17.5 Å². The van der Waals surface area contributed by atoms with Crippen molar-refractivity contribution in [2.75, 3.05) is 18.8 Å². The van der Waals surface area contributed by atoms with E-state index in [0.29, 0.717) is 38.1 Å². The minimum absolute atomic E-state index is 0.000626. The van der Waals surface area contributed by atoms with Crippen LogP contribution in [0.1, 0.15) is 41.1 Å². The number of nitrogens with zero attached hydrogens (tertiary/aromatic N) is 2. The highest BCUT2D eigenvalue weighted by molar-refractivity contribution is 7.89. The molecule has 0 radical (unpaired) electrons. The van der Waals surface area contributed by atoms with Crippen LogP contribution in [-0.2, 0) is 21.4 Å². The van der Waals surface area contributed by atoms with Crippen molar-refractivity contribution in [3.05, 3.63) is 65.0 Å². The number of carbonyl (C=O) groups is 1. The Morgan fingerprint density at radius 1 is 1.26 bits per heavy atom. The van der Waals surface area contributed by atoms with Crippen LogP contribution in [0.15, 0.2) is 42.7 Å². The molecule has 0 spiro atoms. The van der Waals surface area contributed by atoms with Gasteiger partial charge in [-0.2, -0.15) is 0 Å². The highest BCUT2D eigenvalue weighted by atomic mass is 32.2. The summed E-state index contributed by atoms with van der Waals surface area (Å²) in [5, 5.41) is 11.4. The van der Waals surface area contributed by atoms with Gasteiger partial charge < -0.3 is 15.2 Å². The normalized spacial score (nSPS) is 16.7. The zero-order chi connectivity index (χ0) is 22.4. The molecule has 168 valence electrons. The summed E-state index contributed by atoms with van der Waals surface area (Å²) in [5.41, 5.74) is 4.08. The summed E-state index contributed by atoms with van der Waals surface area (Å²) < 4.78 is 33.3. The van der Waals surface area contributed by atoms with Crippen molar-refractivity contribution in [3.8, 4) is 0 Å². The number of amides is 1. The first-order chi connectivity index (χ1) is 14.7. The molecule has 1 amide bonds. The number of hydrogen-bond acceptors (Lipinski definition) is 5. The van der Waals surface area contributed by atoms with Gasteiger partial charge in [0.2, 0.25) is 10.0 Å². The Morgan fingerprint density at radius 2 is 2.00 bits per heavy atom. The first kappa shape index (κ1) is 23.2. The summed E-state index contributed by atoms with van der Waals surface area (Å²) in [4.78, 5) is 15.1. The largest absolute Gasteiger partial charge is 0.465 e. The molecule has 1 atom stereocenters. The third kappa shape index (κ3) is 6.49. The van der Waals surface area contributed by atoms with E-state index in [1.165, 1.54) is 21.6 Å². The standard InChI is InChI=1S/C22H29N3O5S/c1-16-5-6-18(12-17(16)2)14-30-20-7-10-25(11-8-20)31(28,29)15-21(24-22(26)27)19-4-3-9-23-13-19/h3-6,9,12-13,20-21,24H,7-8,10-11,14-15H2,1-2H3,(H,26,27). The summed E-state index contributed by atoms with van der Waals surface area (Å²) in [6.07, 6.45) is 2.96. The average Bonchev–Trinajstić information content (AvgIpc) is 2.74. The summed E-state index contributed by atoms with van der Waals surface area (Å²) in [6, 6.07) is 8.67. The van der Waals surface area contributed by atoms with Gasteiger partial charge in [0.25, 0.3) is 0 Å². The van der Waals surface area contributed by atoms with Gasteiger partial charge in [-0.1, -0.05) is 24.3 Å². The third-order valence-electron chi connectivity index (χ3n) is 5.61. The van der Waals surface area contributed by atoms with Gasteiger partial charge in [0.15, 0.2) is 0 Å². The maximum atomic E-state index is 12.9. The summed E-state index contributed by atoms with van der Waals surface area (Å²) in [7, 11) is -3.65. The fraction of sp³-hybridized carbons (Fsp3) is 0.455. The molecule has 0 bridgehead atoms. The lowest BCUT2D eigenvalue weighted by molar-refractivity contribution is 0.0102. The molecule has 1 saturated heterocycles. The van der Waals surface area contributed by atoms with E-state index in [2.05, 4.69) is 42.3 Å². The van der Waals surface area contributed by atoms with Crippen LogP contribution in [0.2, 0.25) is 0 Å². The predicted octanol–water partition coefficient (Wildman–Crippen LogP) is 3.02. The Morgan fingerprint density at radius 3 is 2.61 bits per heavy atom. The maximum Gasteiger partial charge on any atom is 0.405 e. The zero-order valence-corrected chi connectivity index (χ0v) is 18.6. The zero-order valence-electron chi connectivity index (χ0n) is 17.8. The summed E-state index contributed by atoms with van der Waals surface area (Å²) in [6.45, 7) is 5.35. The Labute approximate surface area is 183 Å². The van der Waals surface area contributed by atoms with Crippen molar-refractivity contribution in [3.63, 3.8) is 0 Å². The molecule has 1 fully saturated rings. The van der Waals surface area contributed by atoms with Gasteiger partial charge in [0.05, 0.1) is 24.5 Å². The minimum Gasteiger partial charge on any atom is -0.465 e. The van der Waals surface area contributed by atoms with Crippen LogP contribution in [0.4, 0.5) is 4.79 Å². The van der Waals surface area contributed by atoms with Crippen LogP contribution in [0, 0.1) is 13.8 Å². The average molecular weight is 448 g/mol. The van der Waals surface area contributed by atoms with E-state index in [0.717, 1.165) is 5.56 Å². The van der Waals surface area contributed by atoms with Crippen molar-refractivity contribution in [2.45, 2.75) is 45.4 Å². The fourth-order valence-electron chi connectivity index (χ4n) is 3.65. The van der Waals surface area contributed by atoms with Crippen LogP contribution in [0.25, 0.3) is 0 Å². The van der Waals surface area contributed by atoms with Crippen LogP contribution in [0.5, 0.6) is 0 Å². The molecule has 1 aliphatic rings. The number of nitrogens with one attached hydrogen (secondary N) is 1. The van der Waals surface area contributed by atoms with Crippen LogP contribution < -0.4 is 5.32 Å². The van der Waals surface area contributed by atoms with E-state index in [4.69, 9.17) is 9.84 Å². The van der Waals surface area contributed by atoms with Gasteiger partial charge in [-0.05, 0) is 55.0 Å². The molecule has 1 aromatic heterocycles. The lowest BCUT2D eigenvalue weighted by Gasteiger charge is -2.32. The van der Waals surface area contributed by atoms with Gasteiger partial charge in [0.1, 0.15) is 0 Å². The Bertz CT molecular complexity index is 989. The molecule has 2 aromatic rings. The number of pyridine rings is 1. The molecular formula is C22H29N3O5S. The monoisotopic (exact) mass is 447 g/mol. The highest BCUT2D eigenvalue weighted by Crippen LogP contribution is 2.22. The number of hydrogen-bond donors (Lipinski definition) is 2. The fourth-order valence-corrected chi connectivity index (χ4v) is 5.33. The molecule has 1 aromatic carbocycles. The van der Waals surface area contributed by atoms with Crippen LogP contribution in [0.3, 0.4) is 0 Å². The molecule has 31 heavy (non-hydrogen) atoms. The number of ether oxygens (including phenoxy) is 1. The number of carboxylic acid groups (broad SMARTS) is 1. The lowest BCUT2D eigenvalue weighted by atomic mass is 10.1. The van der Waals surface area contributed by atoms with Crippen LogP contribution >= 0.6 is 0 Å². The first-order valence-electron chi connectivity index (χ1n) is 10.3. The minimum atomic E-state index is -3.65. The van der Waals surface area contributed by atoms with Crippen molar-refractivity contribution < 1.29 is 23.1 Å². The van der Waals surface area contributed by atoms with Crippen LogP contribution in [-0.4, -0.2) is 53.9 Å². The van der Waals surface area contributed by atoms with Crippen molar-refractivity contribution in [1.29, 1.82) is 0 Å². The topological polar surface area (TPSA) is 109 Å². The molecule has 2 heterocycles. The van der Waals surface area contributed by atoms with Crippen molar-refractivity contribution in [1.82, 2.24) is 14.6 Å². The van der Waals surface area contributed by atoms with E-state index in [-0.39, 0.29) is 11.9 Å². The SMILES string of the molecule is Cc1ccc(COC2CCN(S(=O)(=O)CC(NC(=O)O)c3cccnc3)CC2)cc1C. The highest BCUT2D eigenvalue weighted by Gasteiger charge is 2.31. The maximum absolute atomic E-state index is 12.9. The summed E-state index contributed by atoms with van der Waals surface area (Å²) in [5.74, 6) is -0.348. The molecular weight excluding hydrogens is 418 g/mol. The number of piperidine rings is 1. The Hall–Kier alpha value is -2.49. The number of aromatic nitrogens is 1. The lowest BCUT2D eigenvalue weighted by Crippen LogP contribution is -2.44. The van der Waals surface area contributed by atoms with E-state index < -0.39 is 22.2 Å². The second-order valence-electron chi connectivity index (χ2n) is 7.90. The summed E-state index contributed by atoms with van der Waals surface area (Å²) >= 11 is 0. The van der Waals surface area contributed by atoms with E-state index in [1.54, 1.807) is 18.3 Å². The van der Waals surface area contributed by atoms with Crippen molar-refractivity contribution in [2.24, 2.45) is 0 Å². The predicted molar refractivity (Wildman–Crippen MR) is 117 cm³/mol. The van der Waals surface area contributed by atoms with Gasteiger partial charge in [-0.15, -0.1) is 0 Å². The Balaban J connectivity index is 1.55. The van der Waals surface area contributed by atoms with E-state index >= 15 is 0 Å². The smallest absolute Gasteiger partial charge is 0.405 e. The van der Waals surface area contributed by atoms with Gasteiger partial charge in [0, 0.05) is 25.5 Å². The number of sulfonamides is 1. The second-order valence-corrected chi connectivity index (χ2v) is 9.91. The quantitative estimate of drug-likeness (QED) is 0.644. The Kier molecular flexibility index (Phi) is 7.64. The van der Waals surface area contributed by atoms with Gasteiger partial charge >= 0.3 is 6.09 Å². The number of rotatable bonds is 8. The molecule has 0 saturated carbocycles. The first-order valence-corrected chi connectivity index (χ1v) is 11.9. The van der Waals surface area contributed by atoms with Crippen molar-refractivity contribution >= 4 is 16.1 Å². The molecule has 1 aliphatic heterocycles. The number of benzene rings is 1. The third-order valence-corrected chi connectivity index (χ3v) is 7.52. The molecule has 2 N–H and O–H groups in total.